The lowest BCUT2D eigenvalue weighted by atomic mass is 10.0. The van der Waals surface area contributed by atoms with Gasteiger partial charge in [-0.3, -0.25) is 14.5 Å². The van der Waals surface area contributed by atoms with Crippen LogP contribution >= 0.6 is 24.0 Å². The summed E-state index contributed by atoms with van der Waals surface area (Å²) in [4.78, 5) is 25.8. The average Bonchev–Trinajstić information content (AvgIpc) is 3.36. The van der Waals surface area contributed by atoms with E-state index in [1.807, 2.05) is 61.7 Å². The van der Waals surface area contributed by atoms with E-state index in [9.17, 15) is 9.59 Å². The molecule has 1 aromatic heterocycles. The quantitative estimate of drug-likeness (QED) is 0.352. The maximum absolute atomic E-state index is 13.0. The van der Waals surface area contributed by atoms with Crippen LogP contribution in [0.1, 0.15) is 24.0 Å². The van der Waals surface area contributed by atoms with Gasteiger partial charge in [0.1, 0.15) is 15.8 Å². The van der Waals surface area contributed by atoms with Crippen LogP contribution < -0.4 is 4.74 Å². The molecule has 4 rings (SSSR count). The zero-order chi connectivity index (χ0) is 24.2. The van der Waals surface area contributed by atoms with Crippen molar-refractivity contribution in [3.8, 4) is 22.7 Å². The van der Waals surface area contributed by atoms with Crippen molar-refractivity contribution in [3.05, 3.63) is 70.8 Å². The largest absolute Gasteiger partial charge is 0.496 e. The number of thiocarbonyl (C=S) groups is 1. The first-order valence-corrected chi connectivity index (χ1v) is 11.9. The number of hydrogen-bond acceptors (Lipinski definition) is 6. The monoisotopic (exact) mass is 493 g/mol. The number of thioether (sulfide) groups is 1. The number of nitrogens with zero attached hydrogens (tertiary/aromatic N) is 3. The Morgan fingerprint density at radius 1 is 1.24 bits per heavy atom. The molecule has 1 fully saturated rings. The molecule has 2 aromatic carbocycles. The lowest BCUT2D eigenvalue weighted by molar-refractivity contribution is -0.137. The van der Waals surface area contributed by atoms with Gasteiger partial charge in [0.15, 0.2) is 0 Å². The Hall–Kier alpha value is -3.43. The minimum atomic E-state index is -0.895. The fourth-order valence-corrected chi connectivity index (χ4v) is 4.98. The zero-order valence-corrected chi connectivity index (χ0v) is 20.4. The zero-order valence-electron chi connectivity index (χ0n) is 18.7. The van der Waals surface area contributed by atoms with Crippen molar-refractivity contribution in [3.63, 3.8) is 0 Å². The number of para-hydroxylation sites is 1. The number of carboxylic acid groups (broad SMARTS) is 1. The van der Waals surface area contributed by atoms with Crippen LogP contribution in [0, 0.1) is 6.92 Å². The molecule has 0 spiro atoms. The van der Waals surface area contributed by atoms with E-state index in [0.29, 0.717) is 15.6 Å². The summed E-state index contributed by atoms with van der Waals surface area (Å²) in [5.74, 6) is -0.325. The van der Waals surface area contributed by atoms with E-state index in [2.05, 4.69) is 0 Å². The molecule has 34 heavy (non-hydrogen) atoms. The Morgan fingerprint density at radius 2 is 2.00 bits per heavy atom. The molecule has 0 radical (unpaired) electrons. The van der Waals surface area contributed by atoms with Crippen LogP contribution in [0.25, 0.3) is 23.0 Å². The lowest BCUT2D eigenvalue weighted by Crippen LogP contribution is -2.29. The molecule has 2 heterocycles. The number of rotatable bonds is 8. The molecule has 7 nitrogen and oxygen atoms in total. The Morgan fingerprint density at radius 3 is 2.68 bits per heavy atom. The summed E-state index contributed by atoms with van der Waals surface area (Å²) in [7, 11) is 1.63. The Kier molecular flexibility index (Phi) is 7.14. The second-order valence-electron chi connectivity index (χ2n) is 7.73. The lowest BCUT2D eigenvalue weighted by Gasteiger charge is -2.13. The van der Waals surface area contributed by atoms with Crippen molar-refractivity contribution >= 4 is 46.3 Å². The maximum atomic E-state index is 13.0. The standard InChI is InChI=1S/C25H23N3O4S2/c1-16-13-17(10-11-20(16)32-2)23-18(15-28(26-23)19-7-4-3-5-8-19)14-21-24(31)27(25(33)34-21)12-6-9-22(29)30/h3-5,7-8,10-11,13-15H,6,9,12H2,1-2H3,(H,29,30)/b21-14-. The van der Waals surface area contributed by atoms with Crippen molar-refractivity contribution in [2.75, 3.05) is 13.7 Å². The number of carboxylic acids is 1. The van der Waals surface area contributed by atoms with Crippen LogP contribution in [0.5, 0.6) is 5.75 Å². The van der Waals surface area contributed by atoms with Gasteiger partial charge in [-0.05, 0) is 55.3 Å². The number of hydrogen-bond donors (Lipinski definition) is 1. The highest BCUT2D eigenvalue weighted by molar-refractivity contribution is 8.26. The molecule has 1 aliphatic heterocycles. The van der Waals surface area contributed by atoms with E-state index in [1.165, 1.54) is 16.7 Å². The fraction of sp³-hybridized carbons (Fsp3) is 0.200. The van der Waals surface area contributed by atoms with Gasteiger partial charge in [0.05, 0.1) is 17.7 Å². The number of aliphatic carboxylic acids is 1. The van der Waals surface area contributed by atoms with Crippen LogP contribution in [-0.4, -0.2) is 49.6 Å². The van der Waals surface area contributed by atoms with Crippen LogP contribution in [0.4, 0.5) is 0 Å². The number of ether oxygens (including phenoxy) is 1. The third-order valence-corrected chi connectivity index (χ3v) is 6.74. The minimum Gasteiger partial charge on any atom is -0.496 e. The molecular weight excluding hydrogens is 470 g/mol. The second kappa shape index (κ2) is 10.2. The van der Waals surface area contributed by atoms with E-state index >= 15 is 0 Å². The molecule has 1 aliphatic rings. The summed E-state index contributed by atoms with van der Waals surface area (Å²) in [5, 5.41) is 13.7. The van der Waals surface area contributed by atoms with Crippen LogP contribution in [0.15, 0.2) is 59.6 Å². The predicted octanol–water partition coefficient (Wildman–Crippen LogP) is 4.92. The summed E-state index contributed by atoms with van der Waals surface area (Å²) in [6, 6.07) is 15.6. The number of aromatic nitrogens is 2. The fourth-order valence-electron chi connectivity index (χ4n) is 3.68. The van der Waals surface area contributed by atoms with Crippen LogP contribution in [0.3, 0.4) is 0 Å². The van der Waals surface area contributed by atoms with Gasteiger partial charge < -0.3 is 9.84 Å². The van der Waals surface area contributed by atoms with E-state index in [-0.39, 0.29) is 18.9 Å². The molecule has 1 amide bonds. The van der Waals surface area contributed by atoms with Crippen molar-refractivity contribution in [2.24, 2.45) is 0 Å². The van der Waals surface area contributed by atoms with Gasteiger partial charge in [0.25, 0.3) is 5.91 Å². The number of methoxy groups -OCH3 is 1. The highest BCUT2D eigenvalue weighted by Gasteiger charge is 2.32. The molecule has 0 bridgehead atoms. The first-order chi connectivity index (χ1) is 16.4. The van der Waals surface area contributed by atoms with E-state index < -0.39 is 5.97 Å². The highest BCUT2D eigenvalue weighted by atomic mass is 32.2. The highest BCUT2D eigenvalue weighted by Crippen LogP contribution is 2.35. The van der Waals surface area contributed by atoms with E-state index in [4.69, 9.17) is 27.2 Å². The summed E-state index contributed by atoms with van der Waals surface area (Å²) >= 11 is 6.61. The Labute approximate surface area is 207 Å². The smallest absolute Gasteiger partial charge is 0.303 e. The summed E-state index contributed by atoms with van der Waals surface area (Å²) in [5.41, 5.74) is 4.28. The van der Waals surface area contributed by atoms with Gasteiger partial charge in [0, 0.05) is 30.3 Å². The summed E-state index contributed by atoms with van der Waals surface area (Å²) in [6.45, 7) is 2.25. The number of aryl methyl sites for hydroxylation is 1. The Bertz CT molecular complexity index is 1280. The molecule has 3 aromatic rings. The first kappa shape index (κ1) is 23.7. The van der Waals surface area contributed by atoms with Crippen molar-refractivity contribution in [1.82, 2.24) is 14.7 Å². The maximum Gasteiger partial charge on any atom is 0.303 e. The van der Waals surface area contributed by atoms with E-state index in [1.54, 1.807) is 17.9 Å². The Balaban J connectivity index is 1.72. The van der Waals surface area contributed by atoms with E-state index in [0.717, 1.165) is 33.8 Å². The van der Waals surface area contributed by atoms with Gasteiger partial charge in [-0.1, -0.05) is 42.2 Å². The van der Waals surface area contributed by atoms with Gasteiger partial charge in [-0.15, -0.1) is 0 Å². The second-order valence-corrected chi connectivity index (χ2v) is 9.40. The molecule has 9 heteroatoms. The first-order valence-electron chi connectivity index (χ1n) is 10.6. The third kappa shape index (κ3) is 5.05. The normalized spacial score (nSPS) is 14.8. The predicted molar refractivity (Wildman–Crippen MR) is 137 cm³/mol. The topological polar surface area (TPSA) is 84.7 Å². The number of carbonyl (C=O) groups excluding carboxylic acids is 1. The molecule has 0 unspecified atom stereocenters. The average molecular weight is 494 g/mol. The molecule has 174 valence electrons. The molecular formula is C25H23N3O4S2. The van der Waals surface area contributed by atoms with Gasteiger partial charge in [-0.25, -0.2) is 4.68 Å². The van der Waals surface area contributed by atoms with Crippen molar-refractivity contribution in [1.29, 1.82) is 0 Å². The minimum absolute atomic E-state index is 0.0130. The molecule has 1 saturated heterocycles. The third-order valence-electron chi connectivity index (χ3n) is 5.36. The van der Waals surface area contributed by atoms with Gasteiger partial charge in [0.2, 0.25) is 0 Å². The van der Waals surface area contributed by atoms with Crippen molar-refractivity contribution in [2.45, 2.75) is 19.8 Å². The van der Waals surface area contributed by atoms with Crippen LogP contribution in [-0.2, 0) is 9.59 Å². The number of amides is 1. The summed E-state index contributed by atoms with van der Waals surface area (Å²) < 4.78 is 7.61. The van der Waals surface area contributed by atoms with Gasteiger partial charge in [-0.2, -0.15) is 5.10 Å². The van der Waals surface area contributed by atoms with Gasteiger partial charge >= 0.3 is 5.97 Å². The molecule has 0 aliphatic carbocycles. The SMILES string of the molecule is COc1ccc(-c2nn(-c3ccccc3)cc2/C=C2\SC(=S)N(CCCC(=O)O)C2=O)cc1C. The number of carbonyl (C=O) groups is 2. The summed E-state index contributed by atoms with van der Waals surface area (Å²) in [6.07, 6.45) is 4.03. The van der Waals surface area contributed by atoms with Crippen LogP contribution in [0.2, 0.25) is 0 Å². The number of benzene rings is 2. The molecule has 0 saturated carbocycles. The molecule has 0 atom stereocenters. The molecule has 1 N–H and O–H groups in total. The van der Waals surface area contributed by atoms with Crippen molar-refractivity contribution < 1.29 is 19.4 Å².